The zero-order valence-corrected chi connectivity index (χ0v) is 19.1. The Bertz CT molecular complexity index is 1210. The summed E-state index contributed by atoms with van der Waals surface area (Å²) in [4.78, 5) is 7.93. The molecule has 7 nitrogen and oxygen atoms in total. The predicted molar refractivity (Wildman–Crippen MR) is 124 cm³/mol. The summed E-state index contributed by atoms with van der Waals surface area (Å²) in [5, 5.41) is 11.6. The van der Waals surface area contributed by atoms with Crippen LogP contribution in [0.3, 0.4) is 0 Å². The smallest absolute Gasteiger partial charge is 0.423 e. The fraction of sp³-hybridized carbons (Fsp3) is 0.435. The van der Waals surface area contributed by atoms with Crippen LogP contribution >= 0.6 is 0 Å². The summed E-state index contributed by atoms with van der Waals surface area (Å²) in [5.41, 5.74) is 3.07. The molecule has 2 aliphatic rings. The van der Waals surface area contributed by atoms with Gasteiger partial charge in [0, 0.05) is 36.3 Å². The number of nitrogens with zero attached hydrogens (tertiary/aromatic N) is 2. The van der Waals surface area contributed by atoms with Gasteiger partial charge in [0.2, 0.25) is 10.0 Å². The molecule has 0 atom stereocenters. The van der Waals surface area contributed by atoms with Crippen molar-refractivity contribution in [3.05, 3.63) is 53.9 Å². The highest BCUT2D eigenvalue weighted by Gasteiger charge is 2.48. The molecule has 32 heavy (non-hydrogen) atoms. The normalized spacial score (nSPS) is 20.0. The topological polar surface area (TPSA) is 95.5 Å². The standard InChI is InChI=1S/C23H28BN3O4S/c1-17-6-8-18(9-7-17)32(29,30)27-14-4-2-11-23(12-3-5-15-27)21-19-10-13-25-22(19)26-16-20(21)24(28)31-23/h6-10,13,16,28H,2-5,11-12,14-15H2,1H3,(H,25,26). The molecular formula is C23H28BN3O4S. The molecule has 2 aliphatic heterocycles. The molecule has 4 heterocycles. The van der Waals surface area contributed by atoms with Crippen molar-refractivity contribution in [2.75, 3.05) is 13.1 Å². The number of benzene rings is 1. The third-order valence-electron chi connectivity index (χ3n) is 6.81. The minimum absolute atomic E-state index is 0.357. The highest BCUT2D eigenvalue weighted by atomic mass is 32.2. The number of hydrogen-bond donors (Lipinski definition) is 2. The van der Waals surface area contributed by atoms with Crippen LogP contribution in [0, 0.1) is 6.92 Å². The van der Waals surface area contributed by atoms with E-state index >= 15 is 0 Å². The quantitative estimate of drug-likeness (QED) is 0.582. The number of fused-ring (bicyclic) bond motifs is 4. The van der Waals surface area contributed by atoms with Gasteiger partial charge in [-0.15, -0.1) is 0 Å². The summed E-state index contributed by atoms with van der Waals surface area (Å²) in [7, 11) is -4.48. The Morgan fingerprint density at radius 3 is 2.47 bits per heavy atom. The summed E-state index contributed by atoms with van der Waals surface area (Å²) in [5.74, 6) is 0. The Labute approximate surface area is 189 Å². The molecule has 3 aromatic rings. The number of hydrogen-bond acceptors (Lipinski definition) is 5. The summed E-state index contributed by atoms with van der Waals surface area (Å²) in [6.45, 7) is 2.92. The molecule has 2 N–H and O–H groups in total. The number of H-pyrrole nitrogens is 1. The summed E-state index contributed by atoms with van der Waals surface area (Å²) >= 11 is 0. The molecule has 1 aromatic carbocycles. The first-order valence-electron chi connectivity index (χ1n) is 11.3. The Morgan fingerprint density at radius 1 is 1.09 bits per heavy atom. The Morgan fingerprint density at radius 2 is 1.78 bits per heavy atom. The van der Waals surface area contributed by atoms with Crippen LogP contribution in [0.4, 0.5) is 0 Å². The average Bonchev–Trinajstić information content (AvgIpc) is 3.36. The van der Waals surface area contributed by atoms with Crippen LogP contribution in [0.15, 0.2) is 47.6 Å². The number of sulfonamides is 1. The van der Waals surface area contributed by atoms with E-state index in [9.17, 15) is 13.4 Å². The van der Waals surface area contributed by atoms with Gasteiger partial charge < -0.3 is 14.7 Å². The maximum atomic E-state index is 13.2. The van der Waals surface area contributed by atoms with E-state index in [1.807, 2.05) is 31.3 Å². The van der Waals surface area contributed by atoms with E-state index in [1.54, 1.807) is 22.6 Å². The molecule has 1 fully saturated rings. The molecule has 5 rings (SSSR count). The van der Waals surface area contributed by atoms with Gasteiger partial charge in [0.25, 0.3) is 0 Å². The van der Waals surface area contributed by atoms with E-state index in [0.717, 1.165) is 66.1 Å². The molecule has 1 saturated heterocycles. The average molecular weight is 453 g/mol. The van der Waals surface area contributed by atoms with Gasteiger partial charge >= 0.3 is 7.12 Å². The van der Waals surface area contributed by atoms with Crippen molar-refractivity contribution in [3.63, 3.8) is 0 Å². The summed E-state index contributed by atoms with van der Waals surface area (Å²) in [6.07, 6.45) is 8.14. The lowest BCUT2D eigenvalue weighted by Gasteiger charge is -2.33. The molecule has 0 saturated carbocycles. The number of aromatic amines is 1. The SMILES string of the molecule is Cc1ccc(S(=O)(=O)N2CCCCC3(CCCC2)OB(O)c2cnc4[nH]ccc4c23)cc1. The van der Waals surface area contributed by atoms with Crippen molar-refractivity contribution in [2.24, 2.45) is 0 Å². The summed E-state index contributed by atoms with van der Waals surface area (Å²) < 4.78 is 34.2. The van der Waals surface area contributed by atoms with Crippen LogP contribution in [-0.4, -0.2) is 47.9 Å². The van der Waals surface area contributed by atoms with E-state index in [2.05, 4.69) is 9.97 Å². The lowest BCUT2D eigenvalue weighted by molar-refractivity contribution is 0.0359. The van der Waals surface area contributed by atoms with E-state index in [0.29, 0.717) is 18.0 Å². The lowest BCUT2D eigenvalue weighted by atomic mass is 9.76. The number of aromatic nitrogens is 2. The van der Waals surface area contributed by atoms with Crippen molar-refractivity contribution in [1.82, 2.24) is 14.3 Å². The fourth-order valence-electron chi connectivity index (χ4n) is 5.16. The molecule has 1 spiro atoms. The first-order chi connectivity index (χ1) is 15.4. The third kappa shape index (κ3) is 3.67. The predicted octanol–water partition coefficient (Wildman–Crippen LogP) is 2.83. The Balaban J connectivity index is 1.38. The van der Waals surface area contributed by atoms with Crippen molar-refractivity contribution < 1.29 is 18.1 Å². The Hall–Kier alpha value is -2.20. The second-order valence-corrected chi connectivity index (χ2v) is 10.9. The maximum absolute atomic E-state index is 13.2. The maximum Gasteiger partial charge on any atom is 0.493 e. The van der Waals surface area contributed by atoms with E-state index < -0.39 is 22.7 Å². The molecule has 168 valence electrons. The molecule has 0 bridgehead atoms. The highest BCUT2D eigenvalue weighted by molar-refractivity contribution is 7.89. The third-order valence-corrected chi connectivity index (χ3v) is 8.72. The van der Waals surface area contributed by atoms with Crippen LogP contribution in [-0.2, 0) is 20.3 Å². The van der Waals surface area contributed by atoms with Crippen molar-refractivity contribution in [2.45, 2.75) is 55.9 Å². The van der Waals surface area contributed by atoms with Gasteiger partial charge in [-0.05, 0) is 69.2 Å². The number of rotatable bonds is 2. The first kappa shape index (κ1) is 21.6. The van der Waals surface area contributed by atoms with Gasteiger partial charge in [0.05, 0.1) is 10.5 Å². The molecule has 2 aromatic heterocycles. The van der Waals surface area contributed by atoms with Gasteiger partial charge in [-0.2, -0.15) is 4.31 Å². The van der Waals surface area contributed by atoms with Gasteiger partial charge in [-0.3, -0.25) is 0 Å². The molecule has 0 amide bonds. The van der Waals surface area contributed by atoms with Crippen LogP contribution in [0.25, 0.3) is 11.0 Å². The van der Waals surface area contributed by atoms with Gasteiger partial charge in [0.1, 0.15) is 5.65 Å². The summed E-state index contributed by atoms with van der Waals surface area (Å²) in [6, 6.07) is 9.07. The molecule has 0 unspecified atom stereocenters. The minimum atomic E-state index is -3.50. The molecule has 0 aliphatic carbocycles. The minimum Gasteiger partial charge on any atom is -0.423 e. The van der Waals surface area contributed by atoms with E-state index in [-0.39, 0.29) is 0 Å². The van der Waals surface area contributed by atoms with Crippen molar-refractivity contribution in [1.29, 1.82) is 0 Å². The lowest BCUT2D eigenvalue weighted by Crippen LogP contribution is -2.35. The van der Waals surface area contributed by atoms with Crippen LogP contribution in [0.1, 0.15) is 49.7 Å². The first-order valence-corrected chi connectivity index (χ1v) is 12.7. The number of nitrogens with one attached hydrogen (secondary N) is 1. The monoisotopic (exact) mass is 453 g/mol. The van der Waals surface area contributed by atoms with E-state index in [4.69, 9.17) is 4.65 Å². The van der Waals surface area contributed by atoms with Gasteiger partial charge in [-0.25, -0.2) is 13.4 Å². The highest BCUT2D eigenvalue weighted by Crippen LogP contribution is 2.43. The largest absolute Gasteiger partial charge is 0.493 e. The van der Waals surface area contributed by atoms with Crippen molar-refractivity contribution in [3.8, 4) is 0 Å². The van der Waals surface area contributed by atoms with E-state index in [1.165, 1.54) is 0 Å². The second kappa shape index (κ2) is 8.30. The van der Waals surface area contributed by atoms with Crippen LogP contribution in [0.5, 0.6) is 0 Å². The van der Waals surface area contributed by atoms with Gasteiger partial charge in [0.15, 0.2) is 0 Å². The zero-order chi connectivity index (χ0) is 22.3. The molecular weight excluding hydrogens is 425 g/mol. The molecule has 0 radical (unpaired) electrons. The fourth-order valence-corrected chi connectivity index (χ4v) is 6.67. The van der Waals surface area contributed by atoms with Crippen LogP contribution in [0.2, 0.25) is 0 Å². The zero-order valence-electron chi connectivity index (χ0n) is 18.3. The van der Waals surface area contributed by atoms with Crippen LogP contribution < -0.4 is 5.46 Å². The van der Waals surface area contributed by atoms with Gasteiger partial charge in [-0.1, -0.05) is 17.7 Å². The Kier molecular flexibility index (Phi) is 5.61. The number of pyridine rings is 1. The molecule has 9 heteroatoms. The van der Waals surface area contributed by atoms with Crippen molar-refractivity contribution >= 4 is 33.6 Å². The second-order valence-electron chi connectivity index (χ2n) is 8.92. The number of aryl methyl sites for hydroxylation is 1.